The van der Waals surface area contributed by atoms with Crippen LogP contribution in [0.1, 0.15) is 44.2 Å². The first-order chi connectivity index (χ1) is 8.86. The molecule has 106 valence electrons. The van der Waals surface area contributed by atoms with Crippen LogP contribution in [-0.4, -0.2) is 6.54 Å². The largest absolute Gasteiger partial charge is 0.416 e. The van der Waals surface area contributed by atoms with Gasteiger partial charge in [0.1, 0.15) is 0 Å². The third-order valence-corrected chi connectivity index (χ3v) is 4.13. The molecule has 0 radical (unpaired) electrons. The molecular weight excluding hydrogens is 251 g/mol. The summed E-state index contributed by atoms with van der Waals surface area (Å²) >= 11 is 0. The molecule has 1 saturated heterocycles. The second-order valence-corrected chi connectivity index (χ2v) is 5.59. The van der Waals surface area contributed by atoms with Crippen LogP contribution >= 0.6 is 0 Å². The van der Waals surface area contributed by atoms with Gasteiger partial charge in [-0.1, -0.05) is 26.0 Å². The zero-order valence-corrected chi connectivity index (χ0v) is 11.3. The van der Waals surface area contributed by atoms with Crippen LogP contribution in [0, 0.1) is 5.92 Å². The van der Waals surface area contributed by atoms with Crippen molar-refractivity contribution in [2.75, 3.05) is 6.54 Å². The van der Waals surface area contributed by atoms with Crippen LogP contribution < -0.4 is 5.32 Å². The van der Waals surface area contributed by atoms with E-state index in [-0.39, 0.29) is 11.5 Å². The number of nitrogens with one attached hydrogen (secondary N) is 1. The SMILES string of the molecule is CC(C)C1(c2cccc(C(F)(F)F)c2)CCCCN1. The number of piperidine rings is 1. The molecule has 1 aromatic rings. The van der Waals surface area contributed by atoms with Gasteiger partial charge in [0.05, 0.1) is 5.56 Å². The van der Waals surface area contributed by atoms with E-state index in [0.29, 0.717) is 0 Å². The van der Waals surface area contributed by atoms with Crippen molar-refractivity contribution in [3.8, 4) is 0 Å². The molecule has 2 rings (SSSR count). The highest BCUT2D eigenvalue weighted by atomic mass is 19.4. The first-order valence-corrected chi connectivity index (χ1v) is 6.79. The van der Waals surface area contributed by atoms with Crippen LogP contribution in [0.25, 0.3) is 0 Å². The molecule has 1 aliphatic heterocycles. The summed E-state index contributed by atoms with van der Waals surface area (Å²) in [7, 11) is 0. The van der Waals surface area contributed by atoms with Gasteiger partial charge in [0, 0.05) is 5.54 Å². The van der Waals surface area contributed by atoms with Crippen LogP contribution in [0.15, 0.2) is 24.3 Å². The van der Waals surface area contributed by atoms with E-state index in [2.05, 4.69) is 19.2 Å². The average molecular weight is 271 g/mol. The molecule has 1 fully saturated rings. The molecule has 0 spiro atoms. The number of rotatable bonds is 2. The van der Waals surface area contributed by atoms with E-state index in [4.69, 9.17) is 0 Å². The monoisotopic (exact) mass is 271 g/mol. The predicted octanol–water partition coefficient (Wildman–Crippen LogP) is 4.33. The highest BCUT2D eigenvalue weighted by Gasteiger charge is 2.38. The summed E-state index contributed by atoms with van der Waals surface area (Å²) < 4.78 is 38.5. The molecule has 0 bridgehead atoms. The van der Waals surface area contributed by atoms with Gasteiger partial charge in [-0.15, -0.1) is 0 Å². The zero-order valence-electron chi connectivity index (χ0n) is 11.3. The second kappa shape index (κ2) is 5.16. The Kier molecular flexibility index (Phi) is 3.90. The molecule has 19 heavy (non-hydrogen) atoms. The van der Waals surface area contributed by atoms with Crippen molar-refractivity contribution >= 4 is 0 Å². The Morgan fingerprint density at radius 2 is 1.95 bits per heavy atom. The van der Waals surface area contributed by atoms with Gasteiger partial charge in [0.15, 0.2) is 0 Å². The lowest BCUT2D eigenvalue weighted by Gasteiger charge is -2.42. The minimum atomic E-state index is -4.27. The first kappa shape index (κ1) is 14.4. The van der Waals surface area contributed by atoms with E-state index < -0.39 is 11.7 Å². The summed E-state index contributed by atoms with van der Waals surface area (Å²) in [5.41, 5.74) is -0.117. The molecule has 0 aliphatic carbocycles. The van der Waals surface area contributed by atoms with Gasteiger partial charge in [0.25, 0.3) is 0 Å². The molecule has 4 heteroatoms. The predicted molar refractivity (Wildman–Crippen MR) is 69.8 cm³/mol. The summed E-state index contributed by atoms with van der Waals surface area (Å²) in [4.78, 5) is 0. The van der Waals surface area contributed by atoms with Crippen molar-refractivity contribution < 1.29 is 13.2 Å². The second-order valence-electron chi connectivity index (χ2n) is 5.59. The summed E-state index contributed by atoms with van der Waals surface area (Å²) in [5.74, 6) is 0.260. The third-order valence-electron chi connectivity index (χ3n) is 4.13. The number of hydrogen-bond acceptors (Lipinski definition) is 1. The van der Waals surface area contributed by atoms with E-state index >= 15 is 0 Å². The topological polar surface area (TPSA) is 12.0 Å². The van der Waals surface area contributed by atoms with Crippen LogP contribution in [0.5, 0.6) is 0 Å². The van der Waals surface area contributed by atoms with E-state index in [9.17, 15) is 13.2 Å². The summed E-state index contributed by atoms with van der Waals surface area (Å²) in [6, 6.07) is 5.77. The fourth-order valence-corrected chi connectivity index (χ4v) is 2.97. The quantitative estimate of drug-likeness (QED) is 0.844. The van der Waals surface area contributed by atoms with Gasteiger partial charge in [-0.25, -0.2) is 0 Å². The number of alkyl halides is 3. The van der Waals surface area contributed by atoms with Crippen LogP contribution in [0.4, 0.5) is 13.2 Å². The lowest BCUT2D eigenvalue weighted by molar-refractivity contribution is -0.137. The van der Waals surface area contributed by atoms with E-state index in [0.717, 1.165) is 37.4 Å². The van der Waals surface area contributed by atoms with E-state index in [1.54, 1.807) is 0 Å². The Labute approximate surface area is 112 Å². The van der Waals surface area contributed by atoms with Crippen molar-refractivity contribution in [3.63, 3.8) is 0 Å². The molecule has 1 N–H and O–H groups in total. The Morgan fingerprint density at radius 1 is 1.21 bits per heavy atom. The lowest BCUT2D eigenvalue weighted by atomic mass is 9.74. The molecule has 1 atom stereocenters. The smallest absolute Gasteiger partial charge is 0.307 e. The fraction of sp³-hybridized carbons (Fsp3) is 0.600. The molecule has 0 amide bonds. The number of benzene rings is 1. The van der Waals surface area contributed by atoms with Crippen molar-refractivity contribution in [2.45, 2.75) is 44.8 Å². The van der Waals surface area contributed by atoms with Crippen LogP contribution in [0.2, 0.25) is 0 Å². The summed E-state index contributed by atoms with van der Waals surface area (Å²) in [6.07, 6.45) is -1.23. The maximum atomic E-state index is 12.8. The Morgan fingerprint density at radius 3 is 2.47 bits per heavy atom. The maximum Gasteiger partial charge on any atom is 0.416 e. The summed E-state index contributed by atoms with van der Waals surface area (Å²) in [5, 5.41) is 3.46. The Balaban J connectivity index is 2.43. The zero-order chi connectivity index (χ0) is 14.1. The first-order valence-electron chi connectivity index (χ1n) is 6.79. The molecule has 1 aromatic carbocycles. The summed E-state index contributed by atoms with van der Waals surface area (Å²) in [6.45, 7) is 5.01. The van der Waals surface area contributed by atoms with Gasteiger partial charge in [0.2, 0.25) is 0 Å². The highest BCUT2D eigenvalue weighted by molar-refractivity contribution is 5.32. The third kappa shape index (κ3) is 2.78. The minimum Gasteiger partial charge on any atom is -0.307 e. The molecular formula is C15H20F3N. The van der Waals surface area contributed by atoms with Gasteiger partial charge in [-0.05, 0) is 49.4 Å². The molecule has 0 saturated carbocycles. The van der Waals surface area contributed by atoms with E-state index in [1.165, 1.54) is 12.1 Å². The van der Waals surface area contributed by atoms with Gasteiger partial charge in [-0.2, -0.15) is 13.2 Å². The standard InChI is InChI=1S/C15H20F3N/c1-11(2)14(8-3-4-9-19-14)12-6-5-7-13(10-12)15(16,17)18/h5-7,10-11,19H,3-4,8-9H2,1-2H3. The number of hydrogen-bond donors (Lipinski definition) is 1. The lowest BCUT2D eigenvalue weighted by Crippen LogP contribution is -2.49. The number of halogens is 3. The minimum absolute atomic E-state index is 0.260. The molecule has 1 unspecified atom stereocenters. The van der Waals surface area contributed by atoms with Crippen molar-refractivity contribution in [2.24, 2.45) is 5.92 Å². The normalized spacial score (nSPS) is 24.7. The van der Waals surface area contributed by atoms with Crippen LogP contribution in [0.3, 0.4) is 0 Å². The molecule has 0 aromatic heterocycles. The van der Waals surface area contributed by atoms with E-state index in [1.807, 2.05) is 6.07 Å². The van der Waals surface area contributed by atoms with Crippen molar-refractivity contribution in [1.29, 1.82) is 0 Å². The fourth-order valence-electron chi connectivity index (χ4n) is 2.97. The Hall–Kier alpha value is -1.03. The highest BCUT2D eigenvalue weighted by Crippen LogP contribution is 2.39. The average Bonchev–Trinajstić information content (AvgIpc) is 2.38. The van der Waals surface area contributed by atoms with Crippen LogP contribution in [-0.2, 0) is 11.7 Å². The van der Waals surface area contributed by atoms with Crippen molar-refractivity contribution in [3.05, 3.63) is 35.4 Å². The molecule has 1 heterocycles. The van der Waals surface area contributed by atoms with Crippen molar-refractivity contribution in [1.82, 2.24) is 5.32 Å². The molecule has 1 aliphatic rings. The van der Waals surface area contributed by atoms with Gasteiger partial charge < -0.3 is 5.32 Å². The molecule has 1 nitrogen and oxygen atoms in total. The van der Waals surface area contributed by atoms with Gasteiger partial charge >= 0.3 is 6.18 Å². The maximum absolute atomic E-state index is 12.8. The van der Waals surface area contributed by atoms with Gasteiger partial charge in [-0.3, -0.25) is 0 Å². The Bertz CT molecular complexity index is 431.